The topological polar surface area (TPSA) is 78.9 Å². The predicted octanol–water partition coefficient (Wildman–Crippen LogP) is 2.08. The van der Waals surface area contributed by atoms with Gasteiger partial charge in [0.2, 0.25) is 0 Å². The molecule has 0 radical (unpaired) electrons. The highest BCUT2D eigenvalue weighted by Crippen LogP contribution is 2.19. The molecule has 0 saturated carbocycles. The van der Waals surface area contributed by atoms with Crippen molar-refractivity contribution in [2.75, 3.05) is 13.1 Å². The van der Waals surface area contributed by atoms with Crippen molar-refractivity contribution < 1.29 is 19.4 Å². The van der Waals surface area contributed by atoms with Gasteiger partial charge in [0, 0.05) is 12.6 Å². The minimum Gasteiger partial charge on any atom is -0.480 e. The second-order valence-electron chi connectivity index (χ2n) is 6.99. The molecule has 0 aromatic carbocycles. The van der Waals surface area contributed by atoms with E-state index >= 15 is 0 Å². The van der Waals surface area contributed by atoms with Crippen molar-refractivity contribution in [2.24, 2.45) is 5.92 Å². The summed E-state index contributed by atoms with van der Waals surface area (Å²) in [6.07, 6.45) is 1.10. The Morgan fingerprint density at radius 2 is 2.00 bits per heavy atom. The van der Waals surface area contributed by atoms with Crippen molar-refractivity contribution >= 4 is 12.1 Å². The third-order valence-corrected chi connectivity index (χ3v) is 3.59. The van der Waals surface area contributed by atoms with Crippen LogP contribution < -0.4 is 5.32 Å². The van der Waals surface area contributed by atoms with Crippen LogP contribution in [-0.4, -0.2) is 52.8 Å². The van der Waals surface area contributed by atoms with E-state index < -0.39 is 23.7 Å². The molecule has 1 heterocycles. The molecule has 1 aliphatic heterocycles. The summed E-state index contributed by atoms with van der Waals surface area (Å²) in [5.41, 5.74) is -0.539. The third-order valence-electron chi connectivity index (χ3n) is 3.59. The van der Waals surface area contributed by atoms with E-state index in [0.29, 0.717) is 13.0 Å². The Bertz CT molecular complexity index is 376. The molecule has 2 atom stereocenters. The quantitative estimate of drug-likeness (QED) is 0.812. The number of carbonyl (C=O) groups is 2. The maximum absolute atomic E-state index is 11.9. The number of ether oxygens (including phenoxy) is 1. The molecule has 0 unspecified atom stereocenters. The van der Waals surface area contributed by atoms with Gasteiger partial charge in [-0.1, -0.05) is 13.8 Å². The van der Waals surface area contributed by atoms with E-state index in [4.69, 9.17) is 4.74 Å². The van der Waals surface area contributed by atoms with Crippen molar-refractivity contribution in [2.45, 2.75) is 65.1 Å². The first-order chi connectivity index (χ1) is 9.60. The highest BCUT2D eigenvalue weighted by Gasteiger charge is 2.33. The van der Waals surface area contributed by atoms with Crippen molar-refractivity contribution in [3.05, 3.63) is 0 Å². The van der Waals surface area contributed by atoms with Crippen LogP contribution in [0.4, 0.5) is 4.79 Å². The summed E-state index contributed by atoms with van der Waals surface area (Å²) >= 11 is 0. The Morgan fingerprint density at radius 1 is 1.38 bits per heavy atom. The molecule has 1 amide bonds. The molecule has 1 saturated heterocycles. The van der Waals surface area contributed by atoms with E-state index in [2.05, 4.69) is 5.32 Å². The number of nitrogens with zero attached hydrogens (tertiary/aromatic N) is 1. The Labute approximate surface area is 126 Å². The van der Waals surface area contributed by atoms with Crippen LogP contribution in [0.2, 0.25) is 0 Å². The average Bonchev–Trinajstić information content (AvgIpc) is 2.73. The lowest BCUT2D eigenvalue weighted by Gasteiger charge is -2.30. The highest BCUT2D eigenvalue weighted by atomic mass is 16.6. The van der Waals surface area contributed by atoms with E-state index in [0.717, 1.165) is 13.0 Å². The summed E-state index contributed by atoms with van der Waals surface area (Å²) < 4.78 is 5.27. The molecule has 0 spiro atoms. The second-order valence-corrected chi connectivity index (χ2v) is 6.99. The van der Waals surface area contributed by atoms with Gasteiger partial charge in [-0.15, -0.1) is 0 Å². The minimum absolute atomic E-state index is 0.125. The zero-order valence-corrected chi connectivity index (χ0v) is 13.7. The summed E-state index contributed by atoms with van der Waals surface area (Å²) in [5, 5.41) is 12.1. The van der Waals surface area contributed by atoms with Gasteiger partial charge in [0.25, 0.3) is 0 Å². The van der Waals surface area contributed by atoms with E-state index in [1.54, 1.807) is 0 Å². The Hall–Kier alpha value is -1.30. The van der Waals surface area contributed by atoms with Crippen LogP contribution in [0.15, 0.2) is 0 Å². The number of alkyl carbamates (subject to hydrolysis) is 1. The number of amides is 1. The fourth-order valence-corrected chi connectivity index (χ4v) is 2.46. The summed E-state index contributed by atoms with van der Waals surface area (Å²) in [4.78, 5) is 25.0. The van der Waals surface area contributed by atoms with Gasteiger partial charge >= 0.3 is 12.1 Å². The molecule has 6 nitrogen and oxygen atoms in total. The van der Waals surface area contributed by atoms with E-state index in [1.165, 1.54) is 0 Å². The lowest BCUT2D eigenvalue weighted by atomic mass is 10.0. The molecule has 122 valence electrons. The van der Waals surface area contributed by atoms with Crippen LogP contribution in [0.25, 0.3) is 0 Å². The summed E-state index contributed by atoms with van der Waals surface area (Å²) in [6, 6.07) is -0.563. The lowest BCUT2D eigenvalue weighted by Crippen LogP contribution is -2.50. The van der Waals surface area contributed by atoms with Crippen LogP contribution in [-0.2, 0) is 9.53 Å². The Morgan fingerprint density at radius 3 is 2.48 bits per heavy atom. The normalized spacial score (nSPS) is 21.3. The van der Waals surface area contributed by atoms with Gasteiger partial charge in [0.15, 0.2) is 0 Å². The van der Waals surface area contributed by atoms with E-state index in [9.17, 15) is 14.7 Å². The van der Waals surface area contributed by atoms with E-state index in [-0.39, 0.29) is 12.0 Å². The first-order valence-electron chi connectivity index (χ1n) is 7.56. The second kappa shape index (κ2) is 7.11. The van der Waals surface area contributed by atoms with Gasteiger partial charge in [-0.2, -0.15) is 0 Å². The van der Waals surface area contributed by atoms with Crippen LogP contribution >= 0.6 is 0 Å². The number of carboxylic acids is 1. The minimum atomic E-state index is -0.785. The molecule has 0 aromatic heterocycles. The summed E-state index contributed by atoms with van der Waals surface area (Å²) in [7, 11) is 0. The number of nitrogens with one attached hydrogen (secondary N) is 1. The average molecular weight is 300 g/mol. The van der Waals surface area contributed by atoms with Crippen LogP contribution in [0.3, 0.4) is 0 Å². The predicted molar refractivity (Wildman–Crippen MR) is 80.2 cm³/mol. The molecule has 21 heavy (non-hydrogen) atoms. The number of rotatable bonds is 5. The first kappa shape index (κ1) is 17.8. The maximum atomic E-state index is 11.9. The van der Waals surface area contributed by atoms with Crippen molar-refractivity contribution in [1.82, 2.24) is 10.2 Å². The van der Waals surface area contributed by atoms with Gasteiger partial charge in [-0.3, -0.25) is 9.69 Å². The number of likely N-dealkylation sites (tertiary alicyclic amines) is 1. The first-order valence-corrected chi connectivity index (χ1v) is 7.56. The maximum Gasteiger partial charge on any atom is 0.407 e. The highest BCUT2D eigenvalue weighted by molar-refractivity contribution is 5.73. The number of carbonyl (C=O) groups excluding carboxylic acids is 1. The van der Waals surface area contributed by atoms with Crippen molar-refractivity contribution in [3.63, 3.8) is 0 Å². The van der Waals surface area contributed by atoms with Crippen molar-refractivity contribution in [3.8, 4) is 0 Å². The summed E-state index contributed by atoms with van der Waals surface area (Å²) in [6.45, 7) is 10.8. The monoisotopic (exact) mass is 300 g/mol. The molecule has 1 fully saturated rings. The van der Waals surface area contributed by atoms with Gasteiger partial charge < -0.3 is 15.2 Å². The molecular weight excluding hydrogens is 272 g/mol. The summed E-state index contributed by atoms with van der Waals surface area (Å²) in [5.74, 6) is -0.583. The van der Waals surface area contributed by atoms with Gasteiger partial charge in [-0.05, 0) is 46.1 Å². The van der Waals surface area contributed by atoms with E-state index in [1.807, 2.05) is 39.5 Å². The fourth-order valence-electron chi connectivity index (χ4n) is 2.46. The zero-order valence-electron chi connectivity index (χ0n) is 13.7. The van der Waals surface area contributed by atoms with Crippen LogP contribution in [0, 0.1) is 5.92 Å². The van der Waals surface area contributed by atoms with Gasteiger partial charge in [-0.25, -0.2) is 4.79 Å². The molecule has 1 rings (SSSR count). The molecule has 0 bridgehead atoms. The fraction of sp³-hybridized carbons (Fsp3) is 0.867. The van der Waals surface area contributed by atoms with Crippen LogP contribution in [0.5, 0.6) is 0 Å². The van der Waals surface area contributed by atoms with Crippen LogP contribution in [0.1, 0.15) is 47.5 Å². The standard InChI is InChI=1S/C15H28N2O4/c1-10(2)11(16-14(20)21-15(3,4)5)9-17-8-6-7-12(17)13(18)19/h10-12H,6-9H2,1-5H3,(H,16,20)(H,18,19)/t11-,12-/m0/s1. The van der Waals surface area contributed by atoms with Gasteiger partial charge in [0.05, 0.1) is 0 Å². The molecule has 6 heteroatoms. The number of hydrogen-bond donors (Lipinski definition) is 2. The SMILES string of the molecule is CC(C)[C@H](CN1CCC[C@H]1C(=O)O)NC(=O)OC(C)(C)C. The van der Waals surface area contributed by atoms with Crippen molar-refractivity contribution in [1.29, 1.82) is 0 Å². The smallest absolute Gasteiger partial charge is 0.407 e. The van der Waals surface area contributed by atoms with Gasteiger partial charge in [0.1, 0.15) is 11.6 Å². The number of carboxylic acid groups (broad SMARTS) is 1. The molecule has 0 aromatic rings. The lowest BCUT2D eigenvalue weighted by molar-refractivity contribution is -0.142. The zero-order chi connectivity index (χ0) is 16.2. The Balaban J connectivity index is 2.62. The largest absolute Gasteiger partial charge is 0.480 e. The number of aliphatic carboxylic acids is 1. The molecule has 1 aliphatic rings. The molecule has 0 aliphatic carbocycles. The Kier molecular flexibility index (Phi) is 6.01. The third kappa shape index (κ3) is 5.91. The number of hydrogen-bond acceptors (Lipinski definition) is 4. The molecule has 2 N–H and O–H groups in total. The molecular formula is C15H28N2O4.